The summed E-state index contributed by atoms with van der Waals surface area (Å²) in [5.41, 5.74) is 3.49. The van der Waals surface area contributed by atoms with E-state index < -0.39 is 0 Å². The molecule has 4 nitrogen and oxygen atoms in total. The zero-order valence-corrected chi connectivity index (χ0v) is 15.7. The standard InChI is InChI=1S/C20H27N3OS/c1-2-3-4-5-12-21-20(24)22-17-6-8-18(9-7-17)23-13-10-19-16(15-23)11-14-25-19/h6-9,11,14H,2-5,10,12-13,15H2,1H3,(H2,21,22,24). The van der Waals surface area contributed by atoms with Crippen molar-refractivity contribution in [1.29, 1.82) is 0 Å². The monoisotopic (exact) mass is 357 g/mol. The molecule has 0 atom stereocenters. The molecule has 0 fully saturated rings. The fraction of sp³-hybridized carbons (Fsp3) is 0.450. The van der Waals surface area contributed by atoms with Crippen LogP contribution in [0.3, 0.4) is 0 Å². The molecule has 0 radical (unpaired) electrons. The SMILES string of the molecule is CCCCCCNC(=O)Nc1ccc(N2CCc3sccc3C2)cc1. The molecule has 5 heteroatoms. The van der Waals surface area contributed by atoms with Crippen molar-refractivity contribution in [3.8, 4) is 0 Å². The van der Waals surface area contributed by atoms with Crippen LogP contribution in [0, 0.1) is 0 Å². The molecular weight excluding hydrogens is 330 g/mol. The summed E-state index contributed by atoms with van der Waals surface area (Å²) < 4.78 is 0. The van der Waals surface area contributed by atoms with Crippen LogP contribution < -0.4 is 15.5 Å². The second-order valence-corrected chi connectivity index (χ2v) is 7.53. The van der Waals surface area contributed by atoms with Gasteiger partial charge in [-0.15, -0.1) is 11.3 Å². The number of benzene rings is 1. The van der Waals surface area contributed by atoms with E-state index in [2.05, 4.69) is 46.0 Å². The summed E-state index contributed by atoms with van der Waals surface area (Å²) in [6.07, 6.45) is 5.78. The highest BCUT2D eigenvalue weighted by atomic mass is 32.1. The third kappa shape index (κ3) is 4.98. The van der Waals surface area contributed by atoms with Gasteiger partial charge < -0.3 is 15.5 Å². The number of nitrogens with one attached hydrogen (secondary N) is 2. The Bertz CT molecular complexity index is 681. The molecule has 25 heavy (non-hydrogen) atoms. The van der Waals surface area contributed by atoms with E-state index in [4.69, 9.17) is 0 Å². The van der Waals surface area contributed by atoms with Crippen molar-refractivity contribution < 1.29 is 4.79 Å². The highest BCUT2D eigenvalue weighted by molar-refractivity contribution is 7.10. The Labute approximate surface area is 154 Å². The topological polar surface area (TPSA) is 44.4 Å². The Morgan fingerprint density at radius 2 is 2.00 bits per heavy atom. The van der Waals surface area contributed by atoms with Crippen LogP contribution in [-0.4, -0.2) is 19.1 Å². The molecule has 0 saturated heterocycles. The average molecular weight is 358 g/mol. The molecule has 2 aromatic rings. The number of anilines is 2. The second-order valence-electron chi connectivity index (χ2n) is 6.53. The highest BCUT2D eigenvalue weighted by Crippen LogP contribution is 2.28. The fourth-order valence-electron chi connectivity index (χ4n) is 3.15. The third-order valence-electron chi connectivity index (χ3n) is 4.61. The maximum absolute atomic E-state index is 11.9. The van der Waals surface area contributed by atoms with Gasteiger partial charge in [-0.3, -0.25) is 0 Å². The Kier molecular flexibility index (Phi) is 6.34. The van der Waals surface area contributed by atoms with Gasteiger partial charge in [-0.2, -0.15) is 0 Å². The first kappa shape index (κ1) is 17.8. The number of carbonyl (C=O) groups excluding carboxylic acids is 1. The molecule has 1 aromatic carbocycles. The maximum Gasteiger partial charge on any atom is 0.319 e. The van der Waals surface area contributed by atoms with Crippen LogP contribution in [-0.2, 0) is 13.0 Å². The molecular formula is C20H27N3OS. The molecule has 1 aromatic heterocycles. The number of amides is 2. The zero-order valence-electron chi connectivity index (χ0n) is 14.9. The molecule has 2 N–H and O–H groups in total. The molecule has 1 aliphatic rings. The molecule has 3 rings (SSSR count). The van der Waals surface area contributed by atoms with E-state index in [0.29, 0.717) is 0 Å². The number of hydrogen-bond acceptors (Lipinski definition) is 3. The quantitative estimate of drug-likeness (QED) is 0.684. The van der Waals surface area contributed by atoms with Crippen LogP contribution in [0.5, 0.6) is 0 Å². The summed E-state index contributed by atoms with van der Waals surface area (Å²) in [7, 11) is 0. The van der Waals surface area contributed by atoms with Gasteiger partial charge in [-0.05, 0) is 54.1 Å². The molecule has 0 aliphatic carbocycles. The van der Waals surface area contributed by atoms with E-state index in [1.807, 2.05) is 23.5 Å². The van der Waals surface area contributed by atoms with E-state index in [-0.39, 0.29) is 6.03 Å². The van der Waals surface area contributed by atoms with Crippen molar-refractivity contribution in [1.82, 2.24) is 5.32 Å². The first-order valence-electron chi connectivity index (χ1n) is 9.21. The lowest BCUT2D eigenvalue weighted by atomic mass is 10.1. The first-order chi connectivity index (χ1) is 12.3. The lowest BCUT2D eigenvalue weighted by molar-refractivity contribution is 0.252. The molecule has 0 unspecified atom stereocenters. The summed E-state index contributed by atoms with van der Waals surface area (Å²) in [6.45, 7) is 4.95. The van der Waals surface area contributed by atoms with Crippen molar-refractivity contribution in [3.05, 3.63) is 46.2 Å². The minimum Gasteiger partial charge on any atom is -0.367 e. The summed E-state index contributed by atoms with van der Waals surface area (Å²) in [6, 6.07) is 10.3. The van der Waals surface area contributed by atoms with Crippen molar-refractivity contribution >= 4 is 28.7 Å². The smallest absolute Gasteiger partial charge is 0.319 e. The number of fused-ring (bicyclic) bond motifs is 1. The van der Waals surface area contributed by atoms with Gasteiger partial charge in [0.15, 0.2) is 0 Å². The van der Waals surface area contributed by atoms with E-state index in [1.165, 1.54) is 35.4 Å². The Morgan fingerprint density at radius 3 is 2.80 bits per heavy atom. The molecule has 2 amide bonds. The largest absolute Gasteiger partial charge is 0.367 e. The summed E-state index contributed by atoms with van der Waals surface area (Å²) in [5, 5.41) is 8.01. The van der Waals surface area contributed by atoms with Crippen LogP contribution >= 0.6 is 11.3 Å². The van der Waals surface area contributed by atoms with E-state index in [0.717, 1.165) is 38.2 Å². The fourth-order valence-corrected chi connectivity index (χ4v) is 4.04. The van der Waals surface area contributed by atoms with Crippen LogP contribution in [0.2, 0.25) is 0 Å². The van der Waals surface area contributed by atoms with Gasteiger partial charge in [0.25, 0.3) is 0 Å². The lowest BCUT2D eigenvalue weighted by Crippen LogP contribution is -2.30. The number of urea groups is 1. The average Bonchev–Trinajstić information content (AvgIpc) is 3.10. The molecule has 134 valence electrons. The van der Waals surface area contributed by atoms with Crippen molar-refractivity contribution in [2.75, 3.05) is 23.3 Å². The van der Waals surface area contributed by atoms with Crippen molar-refractivity contribution in [2.24, 2.45) is 0 Å². The van der Waals surface area contributed by atoms with Gasteiger partial charge in [0.05, 0.1) is 0 Å². The highest BCUT2D eigenvalue weighted by Gasteiger charge is 2.17. The summed E-state index contributed by atoms with van der Waals surface area (Å²) in [4.78, 5) is 15.8. The van der Waals surface area contributed by atoms with Gasteiger partial charge in [-0.25, -0.2) is 4.79 Å². The number of carbonyl (C=O) groups is 1. The van der Waals surface area contributed by atoms with Crippen LogP contribution in [0.4, 0.5) is 16.2 Å². The van der Waals surface area contributed by atoms with Gasteiger partial charge in [-0.1, -0.05) is 26.2 Å². The van der Waals surface area contributed by atoms with Crippen molar-refractivity contribution in [3.63, 3.8) is 0 Å². The second kappa shape index (κ2) is 8.90. The Morgan fingerprint density at radius 1 is 1.16 bits per heavy atom. The zero-order chi connectivity index (χ0) is 17.5. The normalized spacial score (nSPS) is 13.4. The van der Waals surface area contributed by atoms with Crippen LogP contribution in [0.15, 0.2) is 35.7 Å². The summed E-state index contributed by atoms with van der Waals surface area (Å²) >= 11 is 1.86. The van der Waals surface area contributed by atoms with Crippen LogP contribution in [0.1, 0.15) is 43.0 Å². The molecule has 0 bridgehead atoms. The van der Waals surface area contributed by atoms with Gasteiger partial charge in [0.1, 0.15) is 0 Å². The van der Waals surface area contributed by atoms with E-state index in [9.17, 15) is 4.79 Å². The van der Waals surface area contributed by atoms with Gasteiger partial charge in [0.2, 0.25) is 0 Å². The number of thiophene rings is 1. The number of hydrogen-bond donors (Lipinski definition) is 2. The molecule has 1 aliphatic heterocycles. The first-order valence-corrected chi connectivity index (χ1v) is 10.1. The minimum atomic E-state index is -0.120. The Balaban J connectivity index is 1.47. The maximum atomic E-state index is 11.9. The van der Waals surface area contributed by atoms with Crippen molar-refractivity contribution in [2.45, 2.75) is 45.6 Å². The Hall–Kier alpha value is -2.01. The molecule has 0 saturated carbocycles. The number of nitrogens with zero attached hydrogens (tertiary/aromatic N) is 1. The number of rotatable bonds is 7. The van der Waals surface area contributed by atoms with Crippen LogP contribution in [0.25, 0.3) is 0 Å². The third-order valence-corrected chi connectivity index (χ3v) is 5.64. The minimum absolute atomic E-state index is 0.120. The number of unbranched alkanes of at least 4 members (excludes halogenated alkanes) is 3. The summed E-state index contributed by atoms with van der Waals surface area (Å²) in [5.74, 6) is 0. The molecule has 2 heterocycles. The van der Waals surface area contributed by atoms with E-state index in [1.54, 1.807) is 0 Å². The lowest BCUT2D eigenvalue weighted by Gasteiger charge is -2.29. The van der Waals surface area contributed by atoms with Gasteiger partial charge in [0, 0.05) is 35.9 Å². The predicted molar refractivity (Wildman–Crippen MR) is 107 cm³/mol. The predicted octanol–water partition coefficient (Wildman–Crippen LogP) is 5.01. The molecule has 0 spiro atoms. The van der Waals surface area contributed by atoms with E-state index >= 15 is 0 Å². The van der Waals surface area contributed by atoms with Gasteiger partial charge >= 0.3 is 6.03 Å².